The van der Waals surface area contributed by atoms with E-state index in [4.69, 9.17) is 9.47 Å². The van der Waals surface area contributed by atoms with Crippen LogP contribution in [0.2, 0.25) is 0 Å². The highest BCUT2D eigenvalue weighted by Crippen LogP contribution is 2.24. The van der Waals surface area contributed by atoms with Gasteiger partial charge in [0.25, 0.3) is 0 Å². The van der Waals surface area contributed by atoms with E-state index in [1.54, 1.807) is 37.0 Å². The monoisotopic (exact) mass is 514 g/mol. The largest absolute Gasteiger partial charge is 0.497 e. The number of anilines is 1. The van der Waals surface area contributed by atoms with Gasteiger partial charge in [-0.3, -0.25) is 14.5 Å². The van der Waals surface area contributed by atoms with Crippen molar-refractivity contribution in [2.24, 2.45) is 12.0 Å². The number of aromatic nitrogens is 2. The number of aliphatic imine (C=N–C) groups is 1. The third-order valence-corrected chi connectivity index (χ3v) is 4.67. The van der Waals surface area contributed by atoms with Crippen LogP contribution in [0.1, 0.15) is 5.56 Å². The lowest BCUT2D eigenvalue weighted by Crippen LogP contribution is -2.55. The van der Waals surface area contributed by atoms with Crippen molar-refractivity contribution >= 4 is 41.5 Å². The van der Waals surface area contributed by atoms with Gasteiger partial charge < -0.3 is 24.6 Å². The molecule has 1 fully saturated rings. The first-order valence-corrected chi connectivity index (χ1v) is 9.01. The van der Waals surface area contributed by atoms with Gasteiger partial charge in [-0.1, -0.05) is 0 Å². The summed E-state index contributed by atoms with van der Waals surface area (Å²) in [6.45, 7) is 2.04. The Morgan fingerprint density at radius 3 is 2.66 bits per heavy atom. The number of hydrogen-bond acceptors (Lipinski definition) is 5. The molecule has 1 amide bonds. The van der Waals surface area contributed by atoms with E-state index >= 15 is 0 Å². The Hall–Kier alpha value is -2.50. The second kappa shape index (κ2) is 10.3. The second-order valence-corrected chi connectivity index (χ2v) is 6.42. The molecule has 2 heterocycles. The lowest BCUT2D eigenvalue weighted by Gasteiger charge is -2.35. The minimum atomic E-state index is 0. The molecule has 0 radical (unpaired) electrons. The number of nitrogens with one attached hydrogen (secondary N) is 1. The summed E-state index contributed by atoms with van der Waals surface area (Å²) in [7, 11) is 6.80. The van der Waals surface area contributed by atoms with Crippen LogP contribution in [0.15, 0.2) is 35.6 Å². The molecule has 0 atom stereocenters. The number of nitrogens with zero attached hydrogens (tertiary/aromatic N) is 5. The maximum absolute atomic E-state index is 12.6. The molecule has 29 heavy (non-hydrogen) atoms. The third-order valence-electron chi connectivity index (χ3n) is 4.67. The van der Waals surface area contributed by atoms with Crippen LogP contribution >= 0.6 is 24.0 Å². The highest BCUT2D eigenvalue weighted by molar-refractivity contribution is 14.0. The number of guanidine groups is 1. The molecule has 2 aromatic rings. The second-order valence-electron chi connectivity index (χ2n) is 6.42. The highest BCUT2D eigenvalue weighted by atomic mass is 127. The molecule has 1 aliphatic rings. The van der Waals surface area contributed by atoms with Gasteiger partial charge in [0.2, 0.25) is 5.91 Å². The summed E-state index contributed by atoms with van der Waals surface area (Å²) < 4.78 is 12.4. The van der Waals surface area contributed by atoms with E-state index in [0.717, 1.165) is 22.7 Å². The first kappa shape index (κ1) is 22.8. The van der Waals surface area contributed by atoms with Gasteiger partial charge in [0.15, 0.2) is 5.96 Å². The zero-order valence-electron chi connectivity index (χ0n) is 17.1. The third kappa shape index (κ3) is 5.31. The fourth-order valence-corrected chi connectivity index (χ4v) is 3.18. The number of carbonyl (C=O) groups is 1. The molecule has 9 nitrogen and oxygen atoms in total. The molecule has 1 N–H and O–H groups in total. The van der Waals surface area contributed by atoms with Gasteiger partial charge in [0.05, 0.1) is 26.1 Å². The molecule has 158 valence electrons. The Morgan fingerprint density at radius 1 is 1.28 bits per heavy atom. The SMILES string of the molecule is CN=C(NCc1ccc(OC)cc1OC)N1CCN(c2cnn(C)c2)C(=O)C1.I. The molecule has 10 heteroatoms. The van der Waals surface area contributed by atoms with Gasteiger partial charge in [-0.15, -0.1) is 24.0 Å². The molecule has 1 aromatic carbocycles. The Kier molecular flexibility index (Phi) is 8.11. The zero-order chi connectivity index (χ0) is 20.1. The predicted molar refractivity (Wildman–Crippen MR) is 122 cm³/mol. The lowest BCUT2D eigenvalue weighted by atomic mass is 10.2. The van der Waals surface area contributed by atoms with Crippen LogP contribution in [0.25, 0.3) is 0 Å². The number of piperazine rings is 1. The number of amides is 1. The van der Waals surface area contributed by atoms with Gasteiger partial charge >= 0.3 is 0 Å². The number of halogens is 1. The van der Waals surface area contributed by atoms with Crippen molar-refractivity contribution < 1.29 is 14.3 Å². The average Bonchev–Trinajstić information content (AvgIpc) is 3.14. The number of ether oxygens (including phenoxy) is 2. The quantitative estimate of drug-likeness (QED) is 0.370. The van der Waals surface area contributed by atoms with Gasteiger partial charge in [0.1, 0.15) is 18.0 Å². The number of aryl methyl sites for hydroxylation is 1. The van der Waals surface area contributed by atoms with Crippen LogP contribution in [0, 0.1) is 0 Å². The van der Waals surface area contributed by atoms with E-state index in [-0.39, 0.29) is 36.4 Å². The van der Waals surface area contributed by atoms with E-state index in [0.29, 0.717) is 25.6 Å². The van der Waals surface area contributed by atoms with E-state index in [2.05, 4.69) is 15.4 Å². The fraction of sp³-hybridized carbons (Fsp3) is 0.421. The number of benzene rings is 1. The Balaban J connectivity index is 0.00000300. The van der Waals surface area contributed by atoms with Gasteiger partial charge in [-0.05, 0) is 12.1 Å². The van der Waals surface area contributed by atoms with E-state index < -0.39 is 0 Å². The van der Waals surface area contributed by atoms with E-state index in [1.807, 2.05) is 36.3 Å². The lowest BCUT2D eigenvalue weighted by molar-refractivity contribution is -0.120. The Morgan fingerprint density at radius 2 is 2.07 bits per heavy atom. The molecule has 0 unspecified atom stereocenters. The fourth-order valence-electron chi connectivity index (χ4n) is 3.18. The predicted octanol–water partition coefficient (Wildman–Crippen LogP) is 1.48. The number of hydrogen-bond donors (Lipinski definition) is 1. The molecule has 0 saturated carbocycles. The number of carbonyl (C=O) groups excluding carboxylic acids is 1. The first-order chi connectivity index (χ1) is 13.5. The minimum absolute atomic E-state index is 0. The van der Waals surface area contributed by atoms with Crippen LogP contribution in [-0.2, 0) is 18.4 Å². The van der Waals surface area contributed by atoms with Crippen molar-refractivity contribution in [2.75, 3.05) is 45.8 Å². The van der Waals surface area contributed by atoms with Crippen LogP contribution in [0.5, 0.6) is 11.5 Å². The average molecular weight is 514 g/mol. The Bertz CT molecular complexity index is 869. The smallest absolute Gasteiger partial charge is 0.246 e. The Labute approximate surface area is 187 Å². The van der Waals surface area contributed by atoms with Crippen LogP contribution in [0.4, 0.5) is 5.69 Å². The van der Waals surface area contributed by atoms with Crippen LogP contribution in [-0.4, -0.2) is 67.4 Å². The summed E-state index contributed by atoms with van der Waals surface area (Å²) in [5, 5.41) is 7.46. The van der Waals surface area contributed by atoms with Crippen LogP contribution in [0.3, 0.4) is 0 Å². The van der Waals surface area contributed by atoms with Gasteiger partial charge in [-0.25, -0.2) is 0 Å². The van der Waals surface area contributed by atoms with Crippen molar-refractivity contribution in [3.8, 4) is 11.5 Å². The molecular formula is C19H27IN6O3. The van der Waals surface area contributed by atoms with E-state index in [9.17, 15) is 4.79 Å². The van der Waals surface area contributed by atoms with Crippen molar-refractivity contribution in [3.05, 3.63) is 36.2 Å². The maximum Gasteiger partial charge on any atom is 0.246 e. The van der Waals surface area contributed by atoms with Crippen molar-refractivity contribution in [3.63, 3.8) is 0 Å². The summed E-state index contributed by atoms with van der Waals surface area (Å²) in [6.07, 6.45) is 3.55. The molecule has 0 bridgehead atoms. The summed E-state index contributed by atoms with van der Waals surface area (Å²) >= 11 is 0. The summed E-state index contributed by atoms with van der Waals surface area (Å²) in [6, 6.07) is 5.68. The standard InChI is InChI=1S/C19H26N6O3.HI/c1-20-19(21-10-14-5-6-16(27-3)9-17(14)28-4)24-7-8-25(18(26)13-24)15-11-22-23(2)12-15;/h5-6,9,11-12H,7-8,10,13H2,1-4H3,(H,20,21);1H. The molecular weight excluding hydrogens is 487 g/mol. The molecule has 3 rings (SSSR count). The number of rotatable bonds is 5. The molecule has 1 aromatic heterocycles. The molecule has 0 aliphatic carbocycles. The molecule has 0 spiro atoms. The topological polar surface area (TPSA) is 84.2 Å². The van der Waals surface area contributed by atoms with Crippen molar-refractivity contribution in [2.45, 2.75) is 6.54 Å². The summed E-state index contributed by atoms with van der Waals surface area (Å²) in [5.74, 6) is 2.17. The summed E-state index contributed by atoms with van der Waals surface area (Å²) in [5.41, 5.74) is 1.79. The minimum Gasteiger partial charge on any atom is -0.497 e. The van der Waals surface area contributed by atoms with Crippen LogP contribution < -0.4 is 19.7 Å². The normalized spacial score (nSPS) is 14.5. The van der Waals surface area contributed by atoms with Crippen molar-refractivity contribution in [1.82, 2.24) is 20.0 Å². The van der Waals surface area contributed by atoms with Gasteiger partial charge in [0, 0.05) is 51.6 Å². The summed E-state index contributed by atoms with van der Waals surface area (Å²) in [4.78, 5) is 20.6. The first-order valence-electron chi connectivity index (χ1n) is 9.01. The molecule has 1 saturated heterocycles. The molecule has 1 aliphatic heterocycles. The van der Waals surface area contributed by atoms with Gasteiger partial charge in [-0.2, -0.15) is 5.10 Å². The van der Waals surface area contributed by atoms with Crippen molar-refractivity contribution in [1.29, 1.82) is 0 Å². The maximum atomic E-state index is 12.6. The highest BCUT2D eigenvalue weighted by Gasteiger charge is 2.27. The van der Waals surface area contributed by atoms with E-state index in [1.165, 1.54) is 0 Å². The number of methoxy groups -OCH3 is 2. The zero-order valence-corrected chi connectivity index (χ0v) is 19.4.